The molecular weight excluding hydrogens is 274 g/mol. The van der Waals surface area contributed by atoms with Crippen molar-refractivity contribution in [1.29, 1.82) is 0 Å². The number of carbonyl (C=O) groups excluding carboxylic acids is 2. The zero-order valence-electron chi connectivity index (χ0n) is 11.0. The molecule has 0 unspecified atom stereocenters. The normalized spacial score (nSPS) is 11.1. The number of rotatable bonds is 2. The van der Waals surface area contributed by atoms with Gasteiger partial charge in [-0.05, 0) is 24.3 Å². The lowest BCUT2D eigenvalue weighted by molar-refractivity contribution is 0.0600. The lowest BCUT2D eigenvalue weighted by Crippen LogP contribution is -2.04. The Labute approximate surface area is 119 Å². The molecular formula is C15H9NO5. The van der Waals surface area contributed by atoms with Crippen LogP contribution in [0.4, 0.5) is 5.69 Å². The van der Waals surface area contributed by atoms with Gasteiger partial charge in [-0.3, -0.25) is 0 Å². The maximum atomic E-state index is 11.6. The zero-order valence-corrected chi connectivity index (χ0v) is 11.0. The maximum Gasteiger partial charge on any atom is 0.338 e. The second-order valence-corrected chi connectivity index (χ2v) is 4.17. The fraction of sp³-hybridized carbons (Fsp3) is 0.0667. The van der Waals surface area contributed by atoms with Crippen LogP contribution in [0.25, 0.3) is 0 Å². The van der Waals surface area contributed by atoms with E-state index in [4.69, 9.17) is 9.47 Å². The Hall–Kier alpha value is -3.11. The van der Waals surface area contributed by atoms with Crippen LogP contribution in [0.2, 0.25) is 0 Å². The fourth-order valence-electron chi connectivity index (χ4n) is 1.98. The Morgan fingerprint density at radius 1 is 1.14 bits per heavy atom. The van der Waals surface area contributed by atoms with E-state index in [2.05, 4.69) is 9.73 Å². The van der Waals surface area contributed by atoms with Crippen LogP contribution in [-0.4, -0.2) is 19.2 Å². The second-order valence-electron chi connectivity index (χ2n) is 4.17. The summed E-state index contributed by atoms with van der Waals surface area (Å²) in [6, 6.07) is 9.89. The van der Waals surface area contributed by atoms with Gasteiger partial charge in [0.15, 0.2) is 23.0 Å². The lowest BCUT2D eigenvalue weighted by Gasteiger charge is -2.21. The zero-order chi connectivity index (χ0) is 14.8. The predicted octanol–water partition coefficient (Wildman–Crippen LogP) is 3.34. The summed E-state index contributed by atoms with van der Waals surface area (Å²) in [7, 11) is 1.26. The third-order valence-corrected chi connectivity index (χ3v) is 2.90. The number of aliphatic imine (C=N–C) groups is 1. The molecule has 0 fully saturated rings. The van der Waals surface area contributed by atoms with Crippen LogP contribution in [0.5, 0.6) is 23.0 Å². The molecule has 0 atom stereocenters. The van der Waals surface area contributed by atoms with Gasteiger partial charge in [0.05, 0.1) is 12.7 Å². The number of hydrogen-bond acceptors (Lipinski definition) is 6. The molecule has 6 heteroatoms. The summed E-state index contributed by atoms with van der Waals surface area (Å²) in [6.45, 7) is 0. The predicted molar refractivity (Wildman–Crippen MR) is 72.2 cm³/mol. The van der Waals surface area contributed by atoms with E-state index in [-0.39, 0.29) is 22.7 Å². The highest BCUT2D eigenvalue weighted by Crippen LogP contribution is 2.50. The quantitative estimate of drug-likeness (QED) is 0.409. The number of hydrogen-bond donors (Lipinski definition) is 0. The van der Waals surface area contributed by atoms with E-state index in [0.717, 1.165) is 0 Å². The van der Waals surface area contributed by atoms with Gasteiger partial charge in [0.2, 0.25) is 6.08 Å². The van der Waals surface area contributed by atoms with Gasteiger partial charge in [0, 0.05) is 0 Å². The highest BCUT2D eigenvalue weighted by Gasteiger charge is 2.24. The van der Waals surface area contributed by atoms with E-state index in [1.807, 2.05) is 0 Å². The van der Waals surface area contributed by atoms with Crippen molar-refractivity contribution in [2.45, 2.75) is 0 Å². The third kappa shape index (κ3) is 2.24. The molecule has 2 aromatic carbocycles. The standard InChI is InChI=1S/C15H9NO5/c1-19-15(18)9-6-10(16-8-17)14-13(7-9)20-11-4-2-3-5-12(11)21-14/h2-7H,1H3. The van der Waals surface area contributed by atoms with Gasteiger partial charge in [-0.15, -0.1) is 0 Å². The molecule has 0 aliphatic carbocycles. The molecule has 104 valence electrons. The topological polar surface area (TPSA) is 74.2 Å². The van der Waals surface area contributed by atoms with Crippen LogP contribution in [0.15, 0.2) is 41.4 Å². The van der Waals surface area contributed by atoms with Crippen LogP contribution in [-0.2, 0) is 9.53 Å². The third-order valence-electron chi connectivity index (χ3n) is 2.90. The van der Waals surface area contributed by atoms with Gasteiger partial charge in [-0.25, -0.2) is 9.59 Å². The fourth-order valence-corrected chi connectivity index (χ4v) is 1.98. The van der Waals surface area contributed by atoms with Crippen molar-refractivity contribution in [2.75, 3.05) is 7.11 Å². The average molecular weight is 283 g/mol. The molecule has 0 bridgehead atoms. The van der Waals surface area contributed by atoms with Crippen molar-refractivity contribution in [2.24, 2.45) is 4.99 Å². The molecule has 0 spiro atoms. The van der Waals surface area contributed by atoms with Crippen molar-refractivity contribution in [3.8, 4) is 23.0 Å². The number of esters is 1. The average Bonchev–Trinajstić information content (AvgIpc) is 2.52. The van der Waals surface area contributed by atoms with Crippen molar-refractivity contribution in [1.82, 2.24) is 0 Å². The largest absolute Gasteiger partial charge is 0.465 e. The maximum absolute atomic E-state index is 11.6. The summed E-state index contributed by atoms with van der Waals surface area (Å²) < 4.78 is 16.0. The van der Waals surface area contributed by atoms with Crippen LogP contribution in [0.3, 0.4) is 0 Å². The van der Waals surface area contributed by atoms with Crippen LogP contribution < -0.4 is 9.47 Å². The van der Waals surface area contributed by atoms with E-state index in [0.29, 0.717) is 11.5 Å². The molecule has 0 saturated heterocycles. The van der Waals surface area contributed by atoms with E-state index in [1.165, 1.54) is 25.3 Å². The number of para-hydroxylation sites is 2. The molecule has 3 rings (SSSR count). The SMILES string of the molecule is COC(=O)c1cc(N=C=O)c2c(c1)Oc1ccccc1O2. The number of nitrogens with zero attached hydrogens (tertiary/aromatic N) is 1. The first-order valence-corrected chi connectivity index (χ1v) is 6.02. The molecule has 0 radical (unpaired) electrons. The number of benzene rings is 2. The Morgan fingerprint density at radius 2 is 1.86 bits per heavy atom. The minimum Gasteiger partial charge on any atom is -0.465 e. The Kier molecular flexibility index (Phi) is 3.14. The van der Waals surface area contributed by atoms with Crippen LogP contribution in [0.1, 0.15) is 10.4 Å². The number of ether oxygens (including phenoxy) is 3. The monoisotopic (exact) mass is 283 g/mol. The van der Waals surface area contributed by atoms with Gasteiger partial charge in [-0.2, -0.15) is 4.99 Å². The highest BCUT2D eigenvalue weighted by atomic mass is 16.6. The minimum absolute atomic E-state index is 0.150. The first-order valence-electron chi connectivity index (χ1n) is 6.02. The molecule has 0 saturated carbocycles. The van der Waals surface area contributed by atoms with E-state index in [9.17, 15) is 9.59 Å². The number of carbonyl (C=O) groups is 1. The van der Waals surface area contributed by atoms with Gasteiger partial charge < -0.3 is 14.2 Å². The number of fused-ring (bicyclic) bond motifs is 2. The van der Waals surface area contributed by atoms with Gasteiger partial charge in [-0.1, -0.05) is 12.1 Å². The number of isocyanates is 1. The first-order chi connectivity index (χ1) is 10.2. The molecule has 0 amide bonds. The molecule has 0 N–H and O–H groups in total. The summed E-state index contributed by atoms with van der Waals surface area (Å²) in [4.78, 5) is 25.7. The van der Waals surface area contributed by atoms with Crippen molar-refractivity contribution < 1.29 is 23.8 Å². The second kappa shape index (κ2) is 5.11. The van der Waals surface area contributed by atoms with Crippen molar-refractivity contribution in [3.05, 3.63) is 42.0 Å². The Morgan fingerprint density at radius 3 is 2.52 bits per heavy atom. The molecule has 0 aromatic heterocycles. The smallest absolute Gasteiger partial charge is 0.338 e. The first kappa shape index (κ1) is 12.9. The minimum atomic E-state index is -0.567. The Balaban J connectivity index is 2.16. The molecule has 1 aliphatic rings. The van der Waals surface area contributed by atoms with Gasteiger partial charge in [0.1, 0.15) is 5.69 Å². The molecule has 2 aromatic rings. The number of methoxy groups -OCH3 is 1. The van der Waals surface area contributed by atoms with E-state index < -0.39 is 5.97 Å². The highest BCUT2D eigenvalue weighted by molar-refractivity contribution is 5.92. The Bertz CT molecular complexity index is 778. The summed E-state index contributed by atoms with van der Waals surface area (Å²) in [5, 5.41) is 0. The van der Waals surface area contributed by atoms with Gasteiger partial charge in [0.25, 0.3) is 0 Å². The summed E-state index contributed by atoms with van der Waals surface area (Å²) in [6.07, 6.45) is 1.43. The molecule has 1 aliphatic heterocycles. The van der Waals surface area contributed by atoms with Gasteiger partial charge >= 0.3 is 5.97 Å². The summed E-state index contributed by atoms with van der Waals surface area (Å²) in [5.74, 6) is 0.976. The molecule has 1 heterocycles. The van der Waals surface area contributed by atoms with E-state index >= 15 is 0 Å². The molecule has 6 nitrogen and oxygen atoms in total. The molecule has 21 heavy (non-hydrogen) atoms. The van der Waals surface area contributed by atoms with E-state index in [1.54, 1.807) is 24.3 Å². The van der Waals surface area contributed by atoms with Crippen LogP contribution in [0, 0.1) is 0 Å². The lowest BCUT2D eigenvalue weighted by atomic mass is 10.1. The summed E-state index contributed by atoms with van der Waals surface area (Å²) in [5.41, 5.74) is 0.352. The van der Waals surface area contributed by atoms with Crippen LogP contribution >= 0.6 is 0 Å². The summed E-state index contributed by atoms with van der Waals surface area (Å²) >= 11 is 0. The van der Waals surface area contributed by atoms with Crippen molar-refractivity contribution in [3.63, 3.8) is 0 Å². The van der Waals surface area contributed by atoms with Crippen molar-refractivity contribution >= 4 is 17.7 Å².